The number of aromatic hydroxyl groups is 1. The summed E-state index contributed by atoms with van der Waals surface area (Å²) in [7, 11) is 0. The third kappa shape index (κ3) is 2.44. The topological polar surface area (TPSA) is 70.0 Å². The third-order valence-electron chi connectivity index (χ3n) is 1.71. The number of nitrogens with two attached hydrogens (primary N) is 1. The molecule has 0 aliphatic rings. The molecule has 0 saturated heterocycles. The standard InChI is InChI=1S/C9H9BrN2O/c10-7-2-1-6(5-9(7)13)8(12)3-4-11/h1-2,5,8,13H,3,12H2/t8-/m0/s1. The fourth-order valence-electron chi connectivity index (χ4n) is 0.977. The molecule has 0 amide bonds. The Bertz CT molecular complexity index is 346. The van der Waals surface area contributed by atoms with Crippen molar-refractivity contribution in [3.63, 3.8) is 0 Å². The molecule has 68 valence electrons. The minimum Gasteiger partial charge on any atom is -0.507 e. The van der Waals surface area contributed by atoms with Crippen LogP contribution in [-0.2, 0) is 0 Å². The Balaban J connectivity index is 2.91. The number of hydrogen-bond acceptors (Lipinski definition) is 3. The van der Waals surface area contributed by atoms with Gasteiger partial charge in [0.25, 0.3) is 0 Å². The predicted molar refractivity (Wildman–Crippen MR) is 53.0 cm³/mol. The molecule has 0 heterocycles. The normalized spacial score (nSPS) is 12.1. The van der Waals surface area contributed by atoms with E-state index >= 15 is 0 Å². The summed E-state index contributed by atoms with van der Waals surface area (Å²) in [6.07, 6.45) is 0.251. The van der Waals surface area contributed by atoms with Gasteiger partial charge in [-0.25, -0.2) is 0 Å². The zero-order valence-corrected chi connectivity index (χ0v) is 8.45. The molecule has 0 bridgehead atoms. The summed E-state index contributed by atoms with van der Waals surface area (Å²) in [6, 6.07) is 6.71. The molecule has 4 heteroatoms. The molecule has 0 aromatic heterocycles. The number of halogens is 1. The average molecular weight is 241 g/mol. The van der Waals surface area contributed by atoms with Gasteiger partial charge in [0.2, 0.25) is 0 Å². The van der Waals surface area contributed by atoms with Gasteiger partial charge in [-0.15, -0.1) is 0 Å². The smallest absolute Gasteiger partial charge is 0.130 e. The van der Waals surface area contributed by atoms with Gasteiger partial charge in [-0.2, -0.15) is 5.26 Å². The third-order valence-corrected chi connectivity index (χ3v) is 2.38. The molecule has 0 aliphatic heterocycles. The van der Waals surface area contributed by atoms with Gasteiger partial charge in [-0.05, 0) is 33.6 Å². The van der Waals surface area contributed by atoms with Crippen molar-refractivity contribution < 1.29 is 5.11 Å². The number of rotatable bonds is 2. The second-order valence-electron chi connectivity index (χ2n) is 2.68. The van der Waals surface area contributed by atoms with E-state index in [0.717, 1.165) is 5.56 Å². The summed E-state index contributed by atoms with van der Waals surface area (Å²) in [6.45, 7) is 0. The van der Waals surface area contributed by atoms with E-state index < -0.39 is 0 Å². The van der Waals surface area contributed by atoms with Gasteiger partial charge >= 0.3 is 0 Å². The number of hydrogen-bond donors (Lipinski definition) is 2. The van der Waals surface area contributed by atoms with Crippen molar-refractivity contribution in [2.75, 3.05) is 0 Å². The summed E-state index contributed by atoms with van der Waals surface area (Å²) in [5.74, 6) is 0.144. The fraction of sp³-hybridized carbons (Fsp3) is 0.222. The molecule has 1 aromatic rings. The molecule has 3 nitrogen and oxygen atoms in total. The molecule has 0 aliphatic carbocycles. The number of nitriles is 1. The highest BCUT2D eigenvalue weighted by Gasteiger charge is 2.07. The lowest BCUT2D eigenvalue weighted by atomic mass is 10.1. The highest BCUT2D eigenvalue weighted by Crippen LogP contribution is 2.27. The fourth-order valence-corrected chi connectivity index (χ4v) is 1.22. The van der Waals surface area contributed by atoms with Crippen molar-refractivity contribution in [1.82, 2.24) is 0 Å². The predicted octanol–water partition coefficient (Wildman–Crippen LogP) is 2.07. The van der Waals surface area contributed by atoms with Crippen LogP contribution < -0.4 is 5.73 Å². The highest BCUT2D eigenvalue weighted by atomic mass is 79.9. The van der Waals surface area contributed by atoms with Gasteiger partial charge in [0.1, 0.15) is 5.75 Å². The Morgan fingerprint density at radius 1 is 1.62 bits per heavy atom. The van der Waals surface area contributed by atoms with Crippen LogP contribution in [0.25, 0.3) is 0 Å². The lowest BCUT2D eigenvalue weighted by molar-refractivity contribution is 0.470. The van der Waals surface area contributed by atoms with E-state index in [9.17, 15) is 5.11 Å². The lowest BCUT2D eigenvalue weighted by Crippen LogP contribution is -2.08. The van der Waals surface area contributed by atoms with E-state index in [1.807, 2.05) is 6.07 Å². The molecular formula is C9H9BrN2O. The van der Waals surface area contributed by atoms with Gasteiger partial charge in [0.05, 0.1) is 17.0 Å². The van der Waals surface area contributed by atoms with E-state index in [0.29, 0.717) is 4.47 Å². The molecule has 0 fully saturated rings. The summed E-state index contributed by atoms with van der Waals surface area (Å²) in [5, 5.41) is 17.8. The van der Waals surface area contributed by atoms with E-state index in [2.05, 4.69) is 15.9 Å². The average Bonchev–Trinajstić information content (AvgIpc) is 2.10. The van der Waals surface area contributed by atoms with Crippen LogP contribution in [0.1, 0.15) is 18.0 Å². The SMILES string of the molecule is N#CC[C@H](N)c1ccc(Br)c(O)c1. The Morgan fingerprint density at radius 2 is 2.31 bits per heavy atom. The van der Waals surface area contributed by atoms with Crippen LogP contribution in [0.4, 0.5) is 0 Å². The molecule has 1 atom stereocenters. The molecule has 3 N–H and O–H groups in total. The van der Waals surface area contributed by atoms with E-state index in [1.165, 1.54) is 0 Å². The summed E-state index contributed by atoms with van der Waals surface area (Å²) >= 11 is 3.16. The molecule has 0 spiro atoms. The number of phenolic OH excluding ortho intramolecular Hbond substituents is 1. The van der Waals surface area contributed by atoms with Crippen LogP contribution in [-0.4, -0.2) is 5.11 Å². The first-order valence-electron chi connectivity index (χ1n) is 3.76. The van der Waals surface area contributed by atoms with Crippen LogP contribution in [0.3, 0.4) is 0 Å². The number of phenols is 1. The number of benzene rings is 1. The van der Waals surface area contributed by atoms with E-state index in [1.54, 1.807) is 18.2 Å². The zero-order valence-electron chi connectivity index (χ0n) is 6.87. The van der Waals surface area contributed by atoms with Crippen LogP contribution in [0, 0.1) is 11.3 Å². The van der Waals surface area contributed by atoms with E-state index in [-0.39, 0.29) is 18.2 Å². The first-order valence-corrected chi connectivity index (χ1v) is 4.55. The minimum absolute atomic E-state index is 0.144. The summed E-state index contributed by atoms with van der Waals surface area (Å²) in [4.78, 5) is 0. The van der Waals surface area contributed by atoms with Crippen molar-refractivity contribution in [2.24, 2.45) is 5.73 Å². The molecule has 1 aromatic carbocycles. The molecule has 0 radical (unpaired) electrons. The molecule has 0 saturated carbocycles. The minimum atomic E-state index is -0.330. The second kappa shape index (κ2) is 4.26. The largest absolute Gasteiger partial charge is 0.507 e. The lowest BCUT2D eigenvalue weighted by Gasteiger charge is -2.08. The van der Waals surface area contributed by atoms with Crippen LogP contribution in [0.2, 0.25) is 0 Å². The van der Waals surface area contributed by atoms with Crippen LogP contribution >= 0.6 is 15.9 Å². The molecule has 13 heavy (non-hydrogen) atoms. The van der Waals surface area contributed by atoms with Crippen molar-refractivity contribution in [1.29, 1.82) is 5.26 Å². The molecule has 1 rings (SSSR count). The van der Waals surface area contributed by atoms with Crippen LogP contribution in [0.5, 0.6) is 5.75 Å². The summed E-state index contributed by atoms with van der Waals surface area (Å²) < 4.78 is 0.625. The maximum atomic E-state index is 9.33. The zero-order chi connectivity index (χ0) is 9.84. The summed E-state index contributed by atoms with van der Waals surface area (Å²) in [5.41, 5.74) is 6.44. The van der Waals surface area contributed by atoms with Gasteiger partial charge in [-0.1, -0.05) is 6.07 Å². The van der Waals surface area contributed by atoms with Crippen molar-refractivity contribution >= 4 is 15.9 Å². The monoisotopic (exact) mass is 240 g/mol. The van der Waals surface area contributed by atoms with Crippen molar-refractivity contribution in [3.05, 3.63) is 28.2 Å². The van der Waals surface area contributed by atoms with Crippen LogP contribution in [0.15, 0.2) is 22.7 Å². The van der Waals surface area contributed by atoms with Crippen molar-refractivity contribution in [3.8, 4) is 11.8 Å². The van der Waals surface area contributed by atoms with Gasteiger partial charge < -0.3 is 10.8 Å². The number of nitrogens with zero attached hydrogens (tertiary/aromatic N) is 1. The van der Waals surface area contributed by atoms with Gasteiger partial charge in [0, 0.05) is 6.04 Å². The first kappa shape index (κ1) is 10.0. The maximum absolute atomic E-state index is 9.33. The van der Waals surface area contributed by atoms with Gasteiger partial charge in [0.15, 0.2) is 0 Å². The Kier molecular flexibility index (Phi) is 3.29. The molecule has 0 unspecified atom stereocenters. The first-order chi connectivity index (χ1) is 6.15. The van der Waals surface area contributed by atoms with Crippen molar-refractivity contribution in [2.45, 2.75) is 12.5 Å². The Hall–Kier alpha value is -1.05. The molecular weight excluding hydrogens is 232 g/mol. The highest BCUT2D eigenvalue weighted by molar-refractivity contribution is 9.10. The Morgan fingerprint density at radius 3 is 2.85 bits per heavy atom. The quantitative estimate of drug-likeness (QED) is 0.832. The Labute approximate surface area is 84.9 Å². The second-order valence-corrected chi connectivity index (χ2v) is 3.53. The maximum Gasteiger partial charge on any atom is 0.130 e. The van der Waals surface area contributed by atoms with E-state index in [4.69, 9.17) is 11.0 Å². The van der Waals surface area contributed by atoms with Gasteiger partial charge in [-0.3, -0.25) is 0 Å².